The monoisotopic (exact) mass is 360 g/mol. The fraction of sp³-hybridized carbons (Fsp3) is 0.333. The number of ether oxygens (including phenoxy) is 2. The molecule has 0 aliphatic heterocycles. The third kappa shape index (κ3) is 3.67. The van der Waals surface area contributed by atoms with Crippen LogP contribution in [0.2, 0.25) is 0 Å². The zero-order valence-corrected chi connectivity index (χ0v) is 15.2. The van der Waals surface area contributed by atoms with Crippen LogP contribution in [0.5, 0.6) is 11.5 Å². The molecule has 0 spiro atoms. The molecule has 7 heteroatoms. The third-order valence-electron chi connectivity index (χ3n) is 4.07. The van der Waals surface area contributed by atoms with Gasteiger partial charge in [0.1, 0.15) is 29.0 Å². The van der Waals surface area contributed by atoms with Gasteiger partial charge in [-0.05, 0) is 43.7 Å². The highest BCUT2D eigenvalue weighted by atomic mass is 32.1. The van der Waals surface area contributed by atoms with Crippen molar-refractivity contribution >= 4 is 21.6 Å². The zero-order valence-electron chi connectivity index (χ0n) is 14.4. The van der Waals surface area contributed by atoms with E-state index in [2.05, 4.69) is 4.98 Å². The van der Waals surface area contributed by atoms with Crippen molar-refractivity contribution in [2.75, 3.05) is 13.7 Å². The van der Waals surface area contributed by atoms with Gasteiger partial charge in [-0.2, -0.15) is 0 Å². The largest absolute Gasteiger partial charge is 0.497 e. The summed E-state index contributed by atoms with van der Waals surface area (Å²) >= 11 is 1.51. The highest BCUT2D eigenvalue weighted by Crippen LogP contribution is 2.25. The summed E-state index contributed by atoms with van der Waals surface area (Å²) in [7, 11) is 1.60. The van der Waals surface area contributed by atoms with Gasteiger partial charge in [0.25, 0.3) is 5.56 Å². The average molecular weight is 360 g/mol. The van der Waals surface area contributed by atoms with E-state index in [0.717, 1.165) is 21.0 Å². The summed E-state index contributed by atoms with van der Waals surface area (Å²) < 4.78 is 12.1. The molecule has 3 aromatic rings. The fourth-order valence-corrected chi connectivity index (χ4v) is 3.53. The van der Waals surface area contributed by atoms with Crippen LogP contribution in [0.4, 0.5) is 0 Å². The number of aliphatic hydroxyl groups excluding tert-OH is 1. The van der Waals surface area contributed by atoms with Gasteiger partial charge in [0.05, 0.1) is 25.4 Å². The summed E-state index contributed by atoms with van der Waals surface area (Å²) in [4.78, 5) is 18.8. The van der Waals surface area contributed by atoms with Gasteiger partial charge < -0.3 is 14.6 Å². The Morgan fingerprint density at radius 1 is 1.24 bits per heavy atom. The number of benzene rings is 1. The average Bonchev–Trinajstić information content (AvgIpc) is 2.91. The Kier molecular flexibility index (Phi) is 5.06. The lowest BCUT2D eigenvalue weighted by Crippen LogP contribution is -2.30. The first-order valence-electron chi connectivity index (χ1n) is 7.89. The molecule has 0 saturated carbocycles. The molecule has 6 nitrogen and oxygen atoms in total. The first-order chi connectivity index (χ1) is 12.0. The van der Waals surface area contributed by atoms with Crippen LogP contribution in [-0.4, -0.2) is 34.5 Å². The standard InChI is InChI=1S/C18H20N2O4S/c1-11-12(2)25-17-16(11)18(22)20(10-19-17)8-13(21)9-24-15-6-4-14(23-3)5-7-15/h4-7,10,13,21H,8-9H2,1-3H3/t13-/m0/s1. The Labute approximate surface area is 149 Å². The van der Waals surface area contributed by atoms with Crippen molar-refractivity contribution in [3.63, 3.8) is 0 Å². The molecule has 0 fully saturated rings. The number of hydrogen-bond acceptors (Lipinski definition) is 6. The van der Waals surface area contributed by atoms with Gasteiger partial charge >= 0.3 is 0 Å². The number of hydrogen-bond donors (Lipinski definition) is 1. The molecule has 1 N–H and O–H groups in total. The molecule has 0 radical (unpaired) electrons. The van der Waals surface area contributed by atoms with Crippen molar-refractivity contribution in [3.8, 4) is 11.5 Å². The second kappa shape index (κ2) is 7.25. The van der Waals surface area contributed by atoms with Crippen LogP contribution in [-0.2, 0) is 6.54 Å². The molecule has 25 heavy (non-hydrogen) atoms. The minimum atomic E-state index is -0.820. The Balaban J connectivity index is 1.69. The van der Waals surface area contributed by atoms with Crippen LogP contribution in [0.3, 0.4) is 0 Å². The molecule has 132 valence electrons. The van der Waals surface area contributed by atoms with Gasteiger partial charge in [0.15, 0.2) is 0 Å². The van der Waals surface area contributed by atoms with E-state index in [1.54, 1.807) is 31.4 Å². The smallest absolute Gasteiger partial charge is 0.262 e. The summed E-state index contributed by atoms with van der Waals surface area (Å²) in [5, 5.41) is 10.8. The van der Waals surface area contributed by atoms with Gasteiger partial charge in [-0.3, -0.25) is 9.36 Å². The molecule has 0 unspecified atom stereocenters. The SMILES string of the molecule is COc1ccc(OC[C@@H](O)Cn2cnc3sc(C)c(C)c3c2=O)cc1. The summed E-state index contributed by atoms with van der Waals surface area (Å²) in [6.07, 6.45) is 0.662. The van der Waals surface area contributed by atoms with E-state index in [-0.39, 0.29) is 18.7 Å². The molecule has 1 aromatic carbocycles. The number of nitrogens with zero attached hydrogens (tertiary/aromatic N) is 2. The van der Waals surface area contributed by atoms with Crippen molar-refractivity contribution in [2.45, 2.75) is 26.5 Å². The number of rotatable bonds is 6. The molecule has 3 rings (SSSR count). The lowest BCUT2D eigenvalue weighted by Gasteiger charge is -2.14. The maximum absolute atomic E-state index is 12.6. The lowest BCUT2D eigenvalue weighted by atomic mass is 10.2. The van der Waals surface area contributed by atoms with E-state index < -0.39 is 6.10 Å². The molecule has 2 heterocycles. The van der Waals surface area contributed by atoms with Gasteiger partial charge in [0, 0.05) is 4.88 Å². The van der Waals surface area contributed by atoms with Crippen molar-refractivity contribution in [3.05, 3.63) is 51.4 Å². The van der Waals surface area contributed by atoms with E-state index in [1.165, 1.54) is 22.2 Å². The Bertz CT molecular complexity index is 931. The predicted octanol–water partition coefficient (Wildman–Crippen LogP) is 2.52. The van der Waals surface area contributed by atoms with Crippen LogP contribution in [0.25, 0.3) is 10.2 Å². The molecule has 0 amide bonds. The number of thiophene rings is 1. The van der Waals surface area contributed by atoms with Crippen LogP contribution in [0.15, 0.2) is 35.4 Å². The first-order valence-corrected chi connectivity index (χ1v) is 8.71. The number of fused-ring (bicyclic) bond motifs is 1. The fourth-order valence-electron chi connectivity index (χ4n) is 2.54. The quantitative estimate of drug-likeness (QED) is 0.731. The molecule has 0 saturated heterocycles. The molecule has 2 aromatic heterocycles. The molecular formula is C18H20N2O4S. The summed E-state index contributed by atoms with van der Waals surface area (Å²) in [5.74, 6) is 1.37. The highest BCUT2D eigenvalue weighted by Gasteiger charge is 2.14. The molecule has 0 aliphatic rings. The summed E-state index contributed by atoms with van der Waals surface area (Å²) in [6.45, 7) is 4.11. The Morgan fingerprint density at radius 3 is 2.60 bits per heavy atom. The normalized spacial score (nSPS) is 12.3. The van der Waals surface area contributed by atoms with E-state index in [0.29, 0.717) is 11.1 Å². The number of methoxy groups -OCH3 is 1. The topological polar surface area (TPSA) is 73.6 Å². The second-order valence-corrected chi connectivity index (χ2v) is 7.01. The van der Waals surface area contributed by atoms with Crippen molar-refractivity contribution in [2.24, 2.45) is 0 Å². The van der Waals surface area contributed by atoms with Crippen molar-refractivity contribution in [1.82, 2.24) is 9.55 Å². The van der Waals surface area contributed by atoms with Crippen LogP contribution >= 0.6 is 11.3 Å². The van der Waals surface area contributed by atoms with E-state index in [4.69, 9.17) is 9.47 Å². The van der Waals surface area contributed by atoms with Crippen molar-refractivity contribution in [1.29, 1.82) is 0 Å². The first kappa shape index (κ1) is 17.4. The molecule has 0 bridgehead atoms. The van der Waals surface area contributed by atoms with Gasteiger partial charge in [0.2, 0.25) is 0 Å². The van der Waals surface area contributed by atoms with E-state index in [9.17, 15) is 9.90 Å². The minimum Gasteiger partial charge on any atom is -0.497 e. The molecule has 0 aliphatic carbocycles. The number of aliphatic hydroxyl groups is 1. The lowest BCUT2D eigenvalue weighted by molar-refractivity contribution is 0.0914. The minimum absolute atomic E-state index is 0.0818. The van der Waals surface area contributed by atoms with Crippen LogP contribution < -0.4 is 15.0 Å². The molecular weight excluding hydrogens is 340 g/mol. The van der Waals surface area contributed by atoms with Crippen molar-refractivity contribution < 1.29 is 14.6 Å². The van der Waals surface area contributed by atoms with Crippen LogP contribution in [0, 0.1) is 13.8 Å². The predicted molar refractivity (Wildman–Crippen MR) is 97.8 cm³/mol. The van der Waals surface area contributed by atoms with Gasteiger partial charge in [-0.1, -0.05) is 0 Å². The van der Waals surface area contributed by atoms with E-state index >= 15 is 0 Å². The van der Waals surface area contributed by atoms with Gasteiger partial charge in [-0.25, -0.2) is 4.98 Å². The number of aromatic nitrogens is 2. The summed E-state index contributed by atoms with van der Waals surface area (Å²) in [5.41, 5.74) is 0.825. The highest BCUT2D eigenvalue weighted by molar-refractivity contribution is 7.18. The maximum Gasteiger partial charge on any atom is 0.262 e. The Hall–Kier alpha value is -2.38. The van der Waals surface area contributed by atoms with Gasteiger partial charge in [-0.15, -0.1) is 11.3 Å². The maximum atomic E-state index is 12.6. The summed E-state index contributed by atoms with van der Waals surface area (Å²) in [6, 6.07) is 7.10. The number of aryl methyl sites for hydroxylation is 2. The van der Waals surface area contributed by atoms with E-state index in [1.807, 2.05) is 13.8 Å². The third-order valence-corrected chi connectivity index (χ3v) is 5.18. The molecule has 1 atom stereocenters. The second-order valence-electron chi connectivity index (χ2n) is 5.81. The zero-order chi connectivity index (χ0) is 18.0. The Morgan fingerprint density at radius 2 is 1.92 bits per heavy atom. The van der Waals surface area contributed by atoms with Crippen LogP contribution in [0.1, 0.15) is 10.4 Å².